The van der Waals surface area contributed by atoms with Crippen molar-refractivity contribution in [3.63, 3.8) is 0 Å². The van der Waals surface area contributed by atoms with Crippen molar-refractivity contribution in [3.8, 4) is 0 Å². The van der Waals surface area contributed by atoms with Crippen molar-refractivity contribution in [1.29, 1.82) is 0 Å². The minimum atomic E-state index is -0.572. The lowest BCUT2D eigenvalue weighted by Gasteiger charge is -2.11. The molecule has 7 heteroatoms. The molecule has 0 unspecified atom stereocenters. The molecule has 0 radical (unpaired) electrons. The quantitative estimate of drug-likeness (QED) is 0.631. The van der Waals surface area contributed by atoms with Gasteiger partial charge in [0.05, 0.1) is 30.0 Å². The molecule has 1 aromatic carbocycles. The normalized spacial score (nSPS) is 9.70. The van der Waals surface area contributed by atoms with Crippen LogP contribution in [0.2, 0.25) is 0 Å². The third-order valence-corrected chi connectivity index (χ3v) is 2.39. The summed E-state index contributed by atoms with van der Waals surface area (Å²) in [5.74, 6) is -1.09. The molecule has 0 aliphatic carbocycles. The van der Waals surface area contributed by atoms with Crippen molar-refractivity contribution in [1.82, 2.24) is 0 Å². The molecule has 0 atom stereocenters. The third-order valence-electron chi connectivity index (χ3n) is 2.28. The fourth-order valence-corrected chi connectivity index (χ4v) is 1.62. The number of rotatable bonds is 5. The zero-order chi connectivity index (χ0) is 15.1. The topological polar surface area (TPSA) is 90.6 Å². The number of nitrogens with two attached hydrogens (primary N) is 1. The largest absolute Gasteiger partial charge is 0.462 e. The highest BCUT2D eigenvalue weighted by Crippen LogP contribution is 2.19. The number of anilines is 1. The molecule has 0 fully saturated rings. The Morgan fingerprint density at radius 1 is 1.20 bits per heavy atom. The first-order chi connectivity index (χ1) is 9.49. The van der Waals surface area contributed by atoms with Crippen LogP contribution in [0.1, 0.15) is 34.6 Å². The molecular formula is C13H16N2O4S. The fourth-order valence-electron chi connectivity index (χ4n) is 1.51. The first-order valence-corrected chi connectivity index (χ1v) is 6.45. The number of benzene rings is 1. The van der Waals surface area contributed by atoms with E-state index in [1.807, 2.05) is 0 Å². The molecule has 20 heavy (non-hydrogen) atoms. The minimum absolute atomic E-state index is 0.0134. The van der Waals surface area contributed by atoms with Crippen LogP contribution >= 0.6 is 12.2 Å². The maximum Gasteiger partial charge on any atom is 0.340 e. The van der Waals surface area contributed by atoms with Gasteiger partial charge in [-0.1, -0.05) is 0 Å². The van der Waals surface area contributed by atoms with Gasteiger partial charge in [-0.25, -0.2) is 9.59 Å². The SMILES string of the molecule is CCOC(=O)c1ccc(NC(N)=S)c(C(=O)OCC)c1. The number of carbonyl (C=O) groups excluding carboxylic acids is 2. The van der Waals surface area contributed by atoms with Crippen LogP contribution < -0.4 is 11.1 Å². The van der Waals surface area contributed by atoms with Gasteiger partial charge >= 0.3 is 11.9 Å². The molecule has 0 saturated heterocycles. The number of hydrogen-bond acceptors (Lipinski definition) is 5. The van der Waals surface area contributed by atoms with Gasteiger partial charge in [0.25, 0.3) is 0 Å². The van der Waals surface area contributed by atoms with Crippen molar-refractivity contribution in [2.24, 2.45) is 5.73 Å². The highest BCUT2D eigenvalue weighted by molar-refractivity contribution is 7.80. The Morgan fingerprint density at radius 3 is 2.35 bits per heavy atom. The third kappa shape index (κ3) is 4.20. The van der Waals surface area contributed by atoms with Gasteiger partial charge in [-0.15, -0.1) is 0 Å². The van der Waals surface area contributed by atoms with E-state index in [9.17, 15) is 9.59 Å². The molecule has 0 heterocycles. The van der Waals surface area contributed by atoms with Crippen molar-refractivity contribution in [3.05, 3.63) is 29.3 Å². The summed E-state index contributed by atoms with van der Waals surface area (Å²) in [6.45, 7) is 3.86. The molecule has 0 amide bonds. The van der Waals surface area contributed by atoms with Gasteiger partial charge in [0.15, 0.2) is 5.11 Å². The molecule has 0 saturated carbocycles. The number of ether oxygens (including phenoxy) is 2. The van der Waals surface area contributed by atoms with E-state index in [1.54, 1.807) is 13.8 Å². The summed E-state index contributed by atoms with van der Waals surface area (Å²) >= 11 is 4.74. The van der Waals surface area contributed by atoms with Crippen molar-refractivity contribution in [2.75, 3.05) is 18.5 Å². The highest BCUT2D eigenvalue weighted by Gasteiger charge is 2.17. The molecule has 0 aliphatic heterocycles. The van der Waals surface area contributed by atoms with Crippen molar-refractivity contribution < 1.29 is 19.1 Å². The van der Waals surface area contributed by atoms with Crippen molar-refractivity contribution >= 4 is 35.0 Å². The van der Waals surface area contributed by atoms with Gasteiger partial charge in [-0.3, -0.25) is 0 Å². The van der Waals surface area contributed by atoms with Gasteiger partial charge < -0.3 is 20.5 Å². The predicted octanol–water partition coefficient (Wildman–Crippen LogP) is 1.70. The summed E-state index contributed by atoms with van der Waals surface area (Å²) in [7, 11) is 0. The number of thiocarbonyl (C=S) groups is 1. The summed E-state index contributed by atoms with van der Waals surface area (Å²) < 4.78 is 9.81. The van der Waals surface area contributed by atoms with Gasteiger partial charge in [0.1, 0.15) is 0 Å². The Balaban J connectivity index is 3.17. The Morgan fingerprint density at radius 2 is 1.80 bits per heavy atom. The zero-order valence-corrected chi connectivity index (χ0v) is 12.1. The molecule has 6 nitrogen and oxygen atoms in total. The van der Waals surface area contributed by atoms with E-state index in [4.69, 9.17) is 27.4 Å². The summed E-state index contributed by atoms with van der Waals surface area (Å²) in [5, 5.41) is 2.68. The van der Waals surface area contributed by atoms with Gasteiger partial charge in [-0.2, -0.15) is 0 Å². The standard InChI is InChI=1S/C13H16N2O4S/c1-3-18-11(16)8-5-6-10(15-13(14)20)9(7-8)12(17)19-4-2/h5-7H,3-4H2,1-2H3,(H3,14,15,20). The lowest BCUT2D eigenvalue weighted by molar-refractivity contribution is 0.0526. The van der Waals surface area contributed by atoms with Crippen LogP contribution in [-0.2, 0) is 9.47 Å². The number of esters is 2. The first-order valence-electron chi connectivity index (χ1n) is 6.04. The Hall–Kier alpha value is -2.15. The van der Waals surface area contributed by atoms with Gasteiger partial charge in [0.2, 0.25) is 0 Å². The van der Waals surface area contributed by atoms with Crippen LogP contribution in [-0.4, -0.2) is 30.3 Å². The van der Waals surface area contributed by atoms with E-state index in [2.05, 4.69) is 5.32 Å². The Bertz CT molecular complexity index is 531. The van der Waals surface area contributed by atoms with Crippen LogP contribution in [0.15, 0.2) is 18.2 Å². The highest BCUT2D eigenvalue weighted by atomic mass is 32.1. The first kappa shape index (κ1) is 15.9. The number of hydrogen-bond donors (Lipinski definition) is 2. The second kappa shape index (κ2) is 7.44. The summed E-state index contributed by atoms with van der Waals surface area (Å²) in [4.78, 5) is 23.5. The van der Waals surface area contributed by atoms with Gasteiger partial charge in [0, 0.05) is 0 Å². The van der Waals surface area contributed by atoms with Crippen LogP contribution in [0.3, 0.4) is 0 Å². The lowest BCUT2D eigenvalue weighted by Crippen LogP contribution is -2.21. The second-order valence-corrected chi connectivity index (χ2v) is 4.13. The molecule has 0 aliphatic rings. The van der Waals surface area contributed by atoms with E-state index >= 15 is 0 Å². The van der Waals surface area contributed by atoms with Crippen molar-refractivity contribution in [2.45, 2.75) is 13.8 Å². The maximum atomic E-state index is 11.9. The molecule has 1 rings (SSSR count). The average molecular weight is 296 g/mol. The monoisotopic (exact) mass is 296 g/mol. The average Bonchev–Trinajstić information content (AvgIpc) is 2.39. The molecule has 3 N–H and O–H groups in total. The molecule has 0 bridgehead atoms. The maximum absolute atomic E-state index is 11.9. The lowest BCUT2D eigenvalue weighted by atomic mass is 10.1. The van der Waals surface area contributed by atoms with Gasteiger partial charge in [-0.05, 0) is 44.3 Å². The van der Waals surface area contributed by atoms with Crippen LogP contribution in [0.25, 0.3) is 0 Å². The van der Waals surface area contributed by atoms with E-state index < -0.39 is 11.9 Å². The minimum Gasteiger partial charge on any atom is -0.462 e. The summed E-state index contributed by atoms with van der Waals surface area (Å²) in [5.41, 5.74) is 6.19. The molecule has 1 aromatic rings. The van der Waals surface area contributed by atoms with E-state index in [-0.39, 0.29) is 29.5 Å². The zero-order valence-electron chi connectivity index (χ0n) is 11.3. The van der Waals surface area contributed by atoms with E-state index in [0.717, 1.165) is 0 Å². The predicted molar refractivity (Wildman–Crippen MR) is 78.8 cm³/mol. The number of nitrogens with one attached hydrogen (secondary N) is 1. The summed E-state index contributed by atoms with van der Waals surface area (Å²) in [6.07, 6.45) is 0. The molecule has 108 valence electrons. The van der Waals surface area contributed by atoms with Crippen LogP contribution in [0.4, 0.5) is 5.69 Å². The molecule has 0 spiro atoms. The van der Waals surface area contributed by atoms with E-state index in [0.29, 0.717) is 5.69 Å². The summed E-state index contributed by atoms with van der Waals surface area (Å²) in [6, 6.07) is 4.43. The molecule has 0 aromatic heterocycles. The number of carbonyl (C=O) groups is 2. The Kier molecular flexibility index (Phi) is 5.92. The molecular weight excluding hydrogens is 280 g/mol. The smallest absolute Gasteiger partial charge is 0.340 e. The van der Waals surface area contributed by atoms with Crippen LogP contribution in [0.5, 0.6) is 0 Å². The van der Waals surface area contributed by atoms with E-state index in [1.165, 1.54) is 18.2 Å². The Labute approximate surface area is 122 Å². The second-order valence-electron chi connectivity index (χ2n) is 3.69. The van der Waals surface area contributed by atoms with Crippen LogP contribution in [0, 0.1) is 0 Å². The fraction of sp³-hybridized carbons (Fsp3) is 0.308.